The molecule has 7 atom stereocenters. The van der Waals surface area contributed by atoms with Gasteiger partial charge in [0.2, 0.25) is 0 Å². The molecule has 3 N–H and O–H groups in total. The van der Waals surface area contributed by atoms with Crippen molar-refractivity contribution in [3.8, 4) is 0 Å². The highest BCUT2D eigenvalue weighted by atomic mass is 16.5. The van der Waals surface area contributed by atoms with E-state index in [1.165, 1.54) is 29.5 Å². The monoisotopic (exact) mass is 759 g/mol. The SMILES string of the molecule is CCOC(=O)Cc1noc2c3c(ccc12)CC(C12CCC4CC(c5ccc(Nc6nc(N7CCC[C@@H](N8CCN(C)C8=O)C7)cnc6C(N)=O)cc5)CC1N42)C3. The molecule has 14 heteroatoms. The minimum atomic E-state index is -0.639. The lowest BCUT2D eigenvalue weighted by Crippen LogP contribution is -2.49. The number of esters is 1. The van der Waals surface area contributed by atoms with Gasteiger partial charge in [-0.05, 0) is 99.5 Å². The molecule has 3 amide bonds. The van der Waals surface area contributed by atoms with Crippen LogP contribution in [-0.2, 0) is 28.8 Å². The highest BCUT2D eigenvalue weighted by Crippen LogP contribution is 2.66. The second-order valence-corrected chi connectivity index (χ2v) is 16.7. The largest absolute Gasteiger partial charge is 0.466 e. The molecule has 5 fully saturated rings. The molecule has 14 nitrogen and oxygen atoms in total. The second-order valence-electron chi connectivity index (χ2n) is 16.7. The van der Waals surface area contributed by atoms with Gasteiger partial charge in [0, 0.05) is 67.5 Å². The molecule has 5 aliphatic heterocycles. The number of urea groups is 1. The van der Waals surface area contributed by atoms with Crippen molar-refractivity contribution >= 4 is 46.2 Å². The first-order chi connectivity index (χ1) is 27.2. The van der Waals surface area contributed by atoms with Crippen molar-refractivity contribution in [1.82, 2.24) is 29.8 Å². The van der Waals surface area contributed by atoms with Crippen LogP contribution in [0.3, 0.4) is 0 Å². The zero-order chi connectivity index (χ0) is 38.3. The van der Waals surface area contributed by atoms with Crippen LogP contribution >= 0.6 is 0 Å². The first-order valence-electron chi connectivity index (χ1n) is 20.4. The molecule has 4 aromatic rings. The predicted octanol–water partition coefficient (Wildman–Crippen LogP) is 4.78. The molecule has 7 heterocycles. The summed E-state index contributed by atoms with van der Waals surface area (Å²) in [5, 5.41) is 8.57. The van der Waals surface area contributed by atoms with E-state index in [0.29, 0.717) is 54.4 Å². The number of primary amides is 1. The predicted molar refractivity (Wildman–Crippen MR) is 209 cm³/mol. The van der Waals surface area contributed by atoms with E-state index in [-0.39, 0.29) is 35.7 Å². The number of piperidine rings is 3. The van der Waals surface area contributed by atoms with Gasteiger partial charge in [0.15, 0.2) is 17.1 Å². The Morgan fingerprint density at radius 2 is 1.91 bits per heavy atom. The molecule has 0 spiro atoms. The number of rotatable bonds is 10. The number of nitrogens with one attached hydrogen (secondary N) is 1. The number of nitrogens with zero attached hydrogens (tertiary/aromatic N) is 7. The van der Waals surface area contributed by atoms with Crippen molar-refractivity contribution in [2.75, 3.05) is 50.1 Å². The average Bonchev–Trinajstić information content (AvgIpc) is 3.70. The van der Waals surface area contributed by atoms with Crippen molar-refractivity contribution in [1.29, 1.82) is 0 Å². The minimum absolute atomic E-state index is 0.0747. The van der Waals surface area contributed by atoms with Gasteiger partial charge in [0.25, 0.3) is 5.91 Å². The second kappa shape index (κ2) is 13.5. The summed E-state index contributed by atoms with van der Waals surface area (Å²) >= 11 is 0. The Morgan fingerprint density at radius 3 is 2.70 bits per heavy atom. The lowest BCUT2D eigenvalue weighted by Gasteiger charge is -2.37. The lowest BCUT2D eigenvalue weighted by atomic mass is 9.76. The van der Waals surface area contributed by atoms with Crippen LogP contribution in [0, 0.1) is 5.92 Å². The number of likely N-dealkylation sites (N-methyl/N-ethyl adjacent to an activating group) is 1. The van der Waals surface area contributed by atoms with E-state index in [9.17, 15) is 14.4 Å². The van der Waals surface area contributed by atoms with Crippen LogP contribution < -0.4 is 16.0 Å². The Hall–Kier alpha value is -5.24. The molecule has 292 valence electrons. The molecular weight excluding hydrogens is 711 g/mol. The highest BCUT2D eigenvalue weighted by molar-refractivity contribution is 5.96. The lowest BCUT2D eigenvalue weighted by molar-refractivity contribution is -0.142. The molecule has 1 aliphatic carbocycles. The molecule has 6 aliphatic rings. The fourth-order valence-electron chi connectivity index (χ4n) is 11.2. The number of ether oxygens (including phenoxy) is 1. The number of benzene rings is 2. The minimum Gasteiger partial charge on any atom is -0.466 e. The molecular formula is C42H49N9O5. The van der Waals surface area contributed by atoms with E-state index in [4.69, 9.17) is 20.0 Å². The fourth-order valence-corrected chi connectivity index (χ4v) is 11.2. The summed E-state index contributed by atoms with van der Waals surface area (Å²) < 4.78 is 11.1. The van der Waals surface area contributed by atoms with Crippen LogP contribution in [0.15, 0.2) is 47.1 Å². The van der Waals surface area contributed by atoms with Gasteiger partial charge in [0.05, 0.1) is 25.3 Å². The van der Waals surface area contributed by atoms with Crippen LogP contribution in [0.5, 0.6) is 0 Å². The molecule has 10 rings (SSSR count). The number of aromatic nitrogens is 3. The van der Waals surface area contributed by atoms with E-state index in [2.05, 4.69) is 61.7 Å². The molecule has 2 aromatic heterocycles. The van der Waals surface area contributed by atoms with E-state index < -0.39 is 5.91 Å². The van der Waals surface area contributed by atoms with Crippen molar-refractivity contribution in [2.24, 2.45) is 11.7 Å². The van der Waals surface area contributed by atoms with Crippen molar-refractivity contribution in [3.05, 3.63) is 70.7 Å². The number of carbonyl (C=O) groups excluding carboxylic acids is 3. The number of amides is 3. The van der Waals surface area contributed by atoms with Gasteiger partial charge < -0.3 is 35.0 Å². The van der Waals surface area contributed by atoms with Crippen molar-refractivity contribution in [2.45, 2.75) is 94.3 Å². The molecule has 0 radical (unpaired) electrons. The van der Waals surface area contributed by atoms with Crippen molar-refractivity contribution < 1.29 is 23.6 Å². The van der Waals surface area contributed by atoms with Crippen LogP contribution in [0.1, 0.15) is 84.2 Å². The maximum Gasteiger partial charge on any atom is 0.320 e. The van der Waals surface area contributed by atoms with Gasteiger partial charge >= 0.3 is 12.0 Å². The van der Waals surface area contributed by atoms with E-state index in [1.54, 1.807) is 11.1 Å². The summed E-state index contributed by atoms with van der Waals surface area (Å²) in [5.41, 5.74) is 12.4. The van der Waals surface area contributed by atoms with Crippen LogP contribution in [-0.4, -0.2) is 111 Å². The average molecular weight is 760 g/mol. The Kier molecular flexibility index (Phi) is 8.46. The first kappa shape index (κ1) is 35.2. The van der Waals surface area contributed by atoms with Crippen LogP contribution in [0.2, 0.25) is 0 Å². The molecule has 56 heavy (non-hydrogen) atoms. The number of hydrogen-bond acceptors (Lipinski definition) is 11. The van der Waals surface area contributed by atoms with Gasteiger partial charge in [-0.15, -0.1) is 0 Å². The molecule has 0 bridgehead atoms. The zero-order valence-corrected chi connectivity index (χ0v) is 32.1. The van der Waals surface area contributed by atoms with Crippen LogP contribution in [0.4, 0.5) is 22.1 Å². The Balaban J connectivity index is 0.816. The summed E-state index contributed by atoms with van der Waals surface area (Å²) in [7, 11) is 1.84. The number of anilines is 3. The van der Waals surface area contributed by atoms with Gasteiger partial charge in [-0.3, -0.25) is 14.5 Å². The summed E-state index contributed by atoms with van der Waals surface area (Å²) in [6.07, 6.45) is 10.4. The van der Waals surface area contributed by atoms with E-state index >= 15 is 0 Å². The zero-order valence-electron chi connectivity index (χ0n) is 32.1. The first-order valence-corrected chi connectivity index (χ1v) is 20.4. The molecule has 2 aromatic carbocycles. The smallest absolute Gasteiger partial charge is 0.320 e. The van der Waals surface area contributed by atoms with Crippen LogP contribution in [0.25, 0.3) is 11.0 Å². The summed E-state index contributed by atoms with van der Waals surface area (Å²) in [4.78, 5) is 55.4. The maximum absolute atomic E-state index is 12.7. The summed E-state index contributed by atoms with van der Waals surface area (Å²) in [5.74, 6) is 1.10. The van der Waals surface area contributed by atoms with E-state index in [0.717, 1.165) is 74.8 Å². The topological polar surface area (TPSA) is 163 Å². The Bertz CT molecular complexity index is 2230. The van der Waals surface area contributed by atoms with Crippen molar-refractivity contribution in [3.63, 3.8) is 0 Å². The quantitative estimate of drug-likeness (QED) is 0.169. The molecule has 0 saturated carbocycles. The van der Waals surface area contributed by atoms with Gasteiger partial charge in [-0.1, -0.05) is 23.4 Å². The summed E-state index contributed by atoms with van der Waals surface area (Å²) in [6, 6.07) is 14.2. The number of hydrogen-bond donors (Lipinski definition) is 2. The number of fused-ring (bicyclic) bond motifs is 4. The number of nitrogens with two attached hydrogens (primary N) is 1. The van der Waals surface area contributed by atoms with Gasteiger partial charge in [0.1, 0.15) is 11.5 Å². The fraction of sp³-hybridized carbons (Fsp3) is 0.524. The Morgan fingerprint density at radius 1 is 1.05 bits per heavy atom. The maximum atomic E-state index is 12.7. The summed E-state index contributed by atoms with van der Waals surface area (Å²) in [6.45, 7) is 5.10. The Labute approximate surface area is 325 Å². The highest BCUT2D eigenvalue weighted by Gasteiger charge is 2.73. The van der Waals surface area contributed by atoms with Gasteiger partial charge in [-0.2, -0.15) is 0 Å². The number of carbonyl (C=O) groups is 3. The van der Waals surface area contributed by atoms with Gasteiger partial charge in [-0.25, -0.2) is 14.8 Å². The third kappa shape index (κ3) is 5.69. The van der Waals surface area contributed by atoms with E-state index in [1.807, 2.05) is 18.9 Å². The normalized spacial score (nSPS) is 29.1. The standard InChI is InChI=1S/C42H49N9O5/c1-3-55-36(52)21-33-31-11-8-25-17-27(20-32(25)38(31)56-47-33)42-13-12-29-18-26(19-34(42)51(29)42)24-6-9-28(10-7-24)45-40-37(39(43)53)44-22-35(46-40)49-14-4-5-30(23-49)50-16-15-48(2)41(50)54/h6-11,22,26-27,29-30,34H,3-5,12-21,23H2,1-2H3,(H2,43,53)(H,45,46)/t26?,27?,29?,30-,34?,42?,51?/m1/s1. The molecule has 5 saturated heterocycles. The molecule has 6 unspecified atom stereocenters. The third-order valence-electron chi connectivity index (χ3n) is 13.9. The third-order valence-corrected chi connectivity index (χ3v) is 13.9.